The lowest BCUT2D eigenvalue weighted by Gasteiger charge is -2.35. The summed E-state index contributed by atoms with van der Waals surface area (Å²) in [5, 5.41) is 22.6. The molecule has 0 radical (unpaired) electrons. The van der Waals surface area contributed by atoms with Gasteiger partial charge in [-0.05, 0) is 13.3 Å². The van der Waals surface area contributed by atoms with E-state index in [1.54, 1.807) is 43.1 Å². The molecule has 1 aromatic carbocycles. The molecule has 0 saturated carbocycles. The predicted molar refractivity (Wildman–Crippen MR) is 142 cm³/mol. The summed E-state index contributed by atoms with van der Waals surface area (Å²) in [7, 11) is 1.71. The van der Waals surface area contributed by atoms with Crippen molar-refractivity contribution in [1.82, 2.24) is 25.2 Å². The molecule has 1 atom stereocenters. The number of aromatic nitrogens is 2. The van der Waals surface area contributed by atoms with Gasteiger partial charge in [-0.2, -0.15) is 0 Å². The maximum absolute atomic E-state index is 13.4. The number of carbonyl (C=O) groups excluding carboxylic acids is 3. The Hall–Kier alpha value is -4.30. The zero-order valence-corrected chi connectivity index (χ0v) is 22.5. The number of carboxylic acid groups (broad SMARTS) is 1. The van der Waals surface area contributed by atoms with E-state index in [4.69, 9.17) is 9.57 Å². The molecule has 0 unspecified atom stereocenters. The van der Waals surface area contributed by atoms with Gasteiger partial charge in [0.25, 0.3) is 5.91 Å². The summed E-state index contributed by atoms with van der Waals surface area (Å²) < 4.78 is 4.76. The standard InChI is InChI=1S/C26H34N6O8/c1-3-39-26(38)40-32-13-11-31(12-14-32)25(37)19(9-10-22(34)35)28-24(36)20-17-21(30(2)15-16-33)29-23(27-20)18-7-5-4-6-8-18/h4-8,17,19,33H,3,9-16H2,1-2H3,(H,28,36)(H,34,35)/t19-/m0/s1. The highest BCUT2D eigenvalue weighted by atomic mass is 16.8. The lowest BCUT2D eigenvalue weighted by atomic mass is 10.1. The number of piperazine rings is 1. The Morgan fingerprint density at radius 2 is 1.80 bits per heavy atom. The van der Waals surface area contributed by atoms with Crippen molar-refractivity contribution in [2.45, 2.75) is 25.8 Å². The van der Waals surface area contributed by atoms with E-state index in [2.05, 4.69) is 15.3 Å². The number of nitrogens with zero attached hydrogens (tertiary/aromatic N) is 5. The second kappa shape index (κ2) is 14.7. The molecule has 3 rings (SSSR count). The number of carboxylic acids is 1. The SMILES string of the molecule is CCOC(=O)ON1CCN(C(=O)[C@H](CCC(=O)O)NC(=O)c2cc(N(C)CCO)nc(-c3ccccc3)n2)CC1. The first-order valence-corrected chi connectivity index (χ1v) is 12.9. The van der Waals surface area contributed by atoms with Crippen molar-refractivity contribution < 1.29 is 39.0 Å². The fourth-order valence-electron chi connectivity index (χ4n) is 3.95. The third kappa shape index (κ3) is 8.61. The molecule has 2 aromatic rings. The average molecular weight is 559 g/mol. The van der Waals surface area contributed by atoms with Gasteiger partial charge in [0.05, 0.1) is 26.3 Å². The maximum Gasteiger partial charge on any atom is 0.527 e. The second-order valence-corrected chi connectivity index (χ2v) is 8.93. The Bertz CT molecular complexity index is 1170. The molecule has 1 aliphatic rings. The van der Waals surface area contributed by atoms with Gasteiger partial charge in [-0.15, -0.1) is 5.06 Å². The molecule has 0 bridgehead atoms. The normalized spacial score (nSPS) is 14.2. The molecule has 0 aliphatic carbocycles. The van der Waals surface area contributed by atoms with Gasteiger partial charge in [-0.3, -0.25) is 14.4 Å². The number of amides is 2. The Morgan fingerprint density at radius 1 is 1.10 bits per heavy atom. The Kier molecular flexibility index (Phi) is 11.1. The Morgan fingerprint density at radius 3 is 2.42 bits per heavy atom. The molecular formula is C26H34N6O8. The summed E-state index contributed by atoms with van der Waals surface area (Å²) in [5.41, 5.74) is 0.645. The van der Waals surface area contributed by atoms with Gasteiger partial charge in [-0.25, -0.2) is 14.8 Å². The van der Waals surface area contributed by atoms with Gasteiger partial charge < -0.3 is 34.9 Å². The molecule has 40 heavy (non-hydrogen) atoms. The van der Waals surface area contributed by atoms with E-state index in [0.717, 1.165) is 0 Å². The van der Waals surface area contributed by atoms with Crippen molar-refractivity contribution in [1.29, 1.82) is 0 Å². The lowest BCUT2D eigenvalue weighted by molar-refractivity contribution is -0.157. The topological polar surface area (TPSA) is 175 Å². The number of hydrogen-bond donors (Lipinski definition) is 3. The number of rotatable bonds is 12. The summed E-state index contributed by atoms with van der Waals surface area (Å²) in [6.07, 6.45) is -1.31. The number of anilines is 1. The van der Waals surface area contributed by atoms with Gasteiger partial charge in [0, 0.05) is 44.7 Å². The van der Waals surface area contributed by atoms with Crippen LogP contribution in [-0.2, 0) is 19.2 Å². The number of benzene rings is 1. The number of aliphatic hydroxyl groups is 1. The van der Waals surface area contributed by atoms with Crippen molar-refractivity contribution in [3.63, 3.8) is 0 Å². The number of aliphatic carboxylic acids is 1. The lowest BCUT2D eigenvalue weighted by Crippen LogP contribution is -2.55. The fourth-order valence-corrected chi connectivity index (χ4v) is 3.95. The Labute approximate surface area is 231 Å². The summed E-state index contributed by atoms with van der Waals surface area (Å²) in [6.45, 7) is 2.78. The molecule has 1 aliphatic heterocycles. The van der Waals surface area contributed by atoms with Crippen LogP contribution in [0.25, 0.3) is 11.4 Å². The third-order valence-corrected chi connectivity index (χ3v) is 6.07. The van der Waals surface area contributed by atoms with Crippen LogP contribution in [0.2, 0.25) is 0 Å². The number of likely N-dealkylation sites (N-methyl/N-ethyl adjacent to an activating group) is 1. The van der Waals surface area contributed by atoms with Crippen LogP contribution in [0.3, 0.4) is 0 Å². The summed E-state index contributed by atoms with van der Waals surface area (Å²) >= 11 is 0. The zero-order valence-electron chi connectivity index (χ0n) is 22.5. The van der Waals surface area contributed by atoms with E-state index >= 15 is 0 Å². The van der Waals surface area contributed by atoms with Crippen molar-refractivity contribution in [2.24, 2.45) is 0 Å². The summed E-state index contributed by atoms with van der Waals surface area (Å²) in [4.78, 5) is 66.7. The van der Waals surface area contributed by atoms with Gasteiger partial charge in [0.15, 0.2) is 5.82 Å². The summed E-state index contributed by atoms with van der Waals surface area (Å²) in [6, 6.07) is 9.34. The van der Waals surface area contributed by atoms with Gasteiger partial charge in [0.2, 0.25) is 5.91 Å². The number of ether oxygens (including phenoxy) is 1. The van der Waals surface area contributed by atoms with E-state index in [1.165, 1.54) is 16.0 Å². The van der Waals surface area contributed by atoms with Gasteiger partial charge >= 0.3 is 12.1 Å². The number of nitrogens with one attached hydrogen (secondary N) is 1. The predicted octanol–water partition coefficient (Wildman–Crippen LogP) is 0.768. The molecule has 14 heteroatoms. The monoisotopic (exact) mass is 558 g/mol. The van der Waals surface area contributed by atoms with Crippen molar-refractivity contribution in [2.75, 3.05) is 57.9 Å². The first-order valence-electron chi connectivity index (χ1n) is 12.9. The first kappa shape index (κ1) is 30.2. The number of carbonyl (C=O) groups is 4. The average Bonchev–Trinajstić information content (AvgIpc) is 2.95. The molecule has 1 fully saturated rings. The number of aliphatic hydroxyl groups excluding tert-OH is 1. The first-order chi connectivity index (χ1) is 19.2. The third-order valence-electron chi connectivity index (χ3n) is 6.07. The highest BCUT2D eigenvalue weighted by Gasteiger charge is 2.31. The van der Waals surface area contributed by atoms with Crippen molar-refractivity contribution in [3.05, 3.63) is 42.1 Å². The minimum absolute atomic E-state index is 0.0191. The van der Waals surface area contributed by atoms with Gasteiger partial charge in [-0.1, -0.05) is 30.3 Å². The second-order valence-electron chi connectivity index (χ2n) is 8.93. The molecule has 3 N–H and O–H groups in total. The highest BCUT2D eigenvalue weighted by Crippen LogP contribution is 2.20. The minimum Gasteiger partial charge on any atom is -0.481 e. The van der Waals surface area contributed by atoms with E-state index < -0.39 is 30.0 Å². The van der Waals surface area contributed by atoms with Crippen LogP contribution >= 0.6 is 0 Å². The molecule has 1 saturated heterocycles. The molecule has 0 spiro atoms. The quantitative estimate of drug-likeness (QED) is 0.313. The summed E-state index contributed by atoms with van der Waals surface area (Å²) in [5.74, 6) is -1.58. The van der Waals surface area contributed by atoms with Crippen LogP contribution in [0, 0.1) is 0 Å². The molecule has 216 valence electrons. The van der Waals surface area contributed by atoms with Crippen LogP contribution in [0.15, 0.2) is 36.4 Å². The van der Waals surface area contributed by atoms with Crippen LogP contribution in [0.1, 0.15) is 30.3 Å². The molecule has 14 nitrogen and oxygen atoms in total. The number of hydrogen-bond acceptors (Lipinski definition) is 11. The van der Waals surface area contributed by atoms with E-state index in [9.17, 15) is 29.4 Å². The van der Waals surface area contributed by atoms with Gasteiger partial charge in [0.1, 0.15) is 17.6 Å². The molecular weight excluding hydrogens is 524 g/mol. The van der Waals surface area contributed by atoms with E-state index in [1.807, 2.05) is 6.07 Å². The van der Waals surface area contributed by atoms with Crippen molar-refractivity contribution >= 4 is 29.8 Å². The van der Waals surface area contributed by atoms with Crippen molar-refractivity contribution in [3.8, 4) is 11.4 Å². The minimum atomic E-state index is -1.13. The number of hydroxylamine groups is 2. The molecule has 2 heterocycles. The zero-order chi connectivity index (χ0) is 29.1. The van der Waals surface area contributed by atoms with E-state index in [-0.39, 0.29) is 70.3 Å². The molecule has 2 amide bonds. The smallest absolute Gasteiger partial charge is 0.481 e. The van der Waals surface area contributed by atoms with E-state index in [0.29, 0.717) is 11.4 Å². The Balaban J connectivity index is 1.78. The van der Waals surface area contributed by atoms with Crippen LogP contribution in [-0.4, -0.2) is 113 Å². The largest absolute Gasteiger partial charge is 0.527 e. The van der Waals surface area contributed by atoms with Crippen LogP contribution in [0.4, 0.5) is 10.6 Å². The van der Waals surface area contributed by atoms with Crippen LogP contribution < -0.4 is 10.2 Å². The highest BCUT2D eigenvalue weighted by molar-refractivity contribution is 5.97. The van der Waals surface area contributed by atoms with Crippen LogP contribution in [0.5, 0.6) is 0 Å². The molecule has 1 aromatic heterocycles. The fraction of sp³-hybridized carbons (Fsp3) is 0.462. The maximum atomic E-state index is 13.4.